The number of hydrogen-bond donors (Lipinski definition) is 2. The topological polar surface area (TPSA) is 61.8 Å². The Morgan fingerprint density at radius 2 is 2.13 bits per heavy atom. The highest BCUT2D eigenvalue weighted by Gasteiger charge is 2.37. The van der Waals surface area contributed by atoms with E-state index in [2.05, 4.69) is 5.32 Å². The van der Waals surface area contributed by atoms with Crippen LogP contribution in [-0.4, -0.2) is 53.8 Å². The summed E-state index contributed by atoms with van der Waals surface area (Å²) in [6.07, 6.45) is 3.15. The molecule has 0 bridgehead atoms. The minimum atomic E-state index is -0.619. The quantitative estimate of drug-likeness (QED) is 0.830. The molecule has 1 aromatic rings. The third kappa shape index (κ3) is 4.10. The molecule has 0 radical (unpaired) electrons. The van der Waals surface area contributed by atoms with Crippen molar-refractivity contribution in [1.82, 2.24) is 10.2 Å². The molecule has 5 heteroatoms. The number of hydrogen-bond acceptors (Lipinski definition) is 4. The van der Waals surface area contributed by atoms with Gasteiger partial charge in [0.05, 0.1) is 31.4 Å². The lowest BCUT2D eigenvalue weighted by atomic mass is 10.1. The molecule has 5 nitrogen and oxygen atoms in total. The van der Waals surface area contributed by atoms with Crippen molar-refractivity contribution in [2.24, 2.45) is 0 Å². The highest BCUT2D eigenvalue weighted by atomic mass is 16.5. The van der Waals surface area contributed by atoms with Crippen molar-refractivity contribution >= 4 is 5.91 Å². The van der Waals surface area contributed by atoms with Crippen molar-refractivity contribution in [3.63, 3.8) is 0 Å². The zero-order valence-corrected chi connectivity index (χ0v) is 13.5. The molecule has 1 amide bonds. The van der Waals surface area contributed by atoms with Crippen LogP contribution in [0.2, 0.25) is 0 Å². The summed E-state index contributed by atoms with van der Waals surface area (Å²) in [6.45, 7) is 2.42. The molecule has 0 spiro atoms. The summed E-state index contributed by atoms with van der Waals surface area (Å²) in [7, 11) is 0. The molecule has 1 aromatic carbocycles. The molecule has 2 saturated heterocycles. The Kier molecular flexibility index (Phi) is 5.65. The average Bonchev–Trinajstić information content (AvgIpc) is 3.27. The molecule has 2 N–H and O–H groups in total. The molecule has 2 heterocycles. The second-order valence-corrected chi connectivity index (χ2v) is 6.46. The van der Waals surface area contributed by atoms with Crippen LogP contribution in [0.15, 0.2) is 30.3 Å². The molecule has 0 aromatic heterocycles. The number of carbonyl (C=O) groups is 1. The van der Waals surface area contributed by atoms with Crippen LogP contribution in [0.25, 0.3) is 0 Å². The summed E-state index contributed by atoms with van der Waals surface area (Å²) in [5.41, 5.74) is 1.09. The second-order valence-electron chi connectivity index (χ2n) is 6.46. The Morgan fingerprint density at radius 3 is 2.87 bits per heavy atom. The van der Waals surface area contributed by atoms with E-state index in [-0.39, 0.29) is 24.6 Å². The highest BCUT2D eigenvalue weighted by molar-refractivity contribution is 5.82. The maximum Gasteiger partial charge on any atom is 0.240 e. The van der Waals surface area contributed by atoms with E-state index in [1.165, 1.54) is 0 Å². The number of rotatable bonds is 6. The first-order chi connectivity index (χ1) is 11.3. The predicted octanol–water partition coefficient (Wildman–Crippen LogP) is 1.31. The van der Waals surface area contributed by atoms with Gasteiger partial charge in [0.15, 0.2) is 0 Å². The van der Waals surface area contributed by atoms with Crippen LogP contribution in [-0.2, 0) is 16.1 Å². The lowest BCUT2D eigenvalue weighted by molar-refractivity contribution is -0.137. The first kappa shape index (κ1) is 16.4. The number of likely N-dealkylation sites (tertiary alicyclic amines) is 1. The summed E-state index contributed by atoms with van der Waals surface area (Å²) < 4.78 is 5.64. The van der Waals surface area contributed by atoms with Crippen molar-refractivity contribution < 1.29 is 14.6 Å². The van der Waals surface area contributed by atoms with Crippen molar-refractivity contribution in [3.8, 4) is 0 Å². The number of aliphatic hydroxyl groups excluding tert-OH is 1. The van der Waals surface area contributed by atoms with E-state index in [1.54, 1.807) is 0 Å². The van der Waals surface area contributed by atoms with Gasteiger partial charge in [-0.05, 0) is 37.8 Å². The van der Waals surface area contributed by atoms with Gasteiger partial charge >= 0.3 is 0 Å². The second kappa shape index (κ2) is 7.90. The van der Waals surface area contributed by atoms with Gasteiger partial charge in [-0.25, -0.2) is 0 Å². The van der Waals surface area contributed by atoms with E-state index in [9.17, 15) is 9.90 Å². The summed E-state index contributed by atoms with van der Waals surface area (Å²) in [4.78, 5) is 14.4. The van der Waals surface area contributed by atoms with Crippen LogP contribution < -0.4 is 5.32 Å². The summed E-state index contributed by atoms with van der Waals surface area (Å²) in [5.74, 6) is 0.145. The Morgan fingerprint density at radius 1 is 1.30 bits per heavy atom. The number of amides is 1. The lowest BCUT2D eigenvalue weighted by Gasteiger charge is -2.30. The fourth-order valence-corrected chi connectivity index (χ4v) is 3.54. The summed E-state index contributed by atoms with van der Waals surface area (Å²) >= 11 is 0. The molecule has 3 rings (SSSR count). The van der Waals surface area contributed by atoms with Gasteiger partial charge < -0.3 is 20.1 Å². The number of benzene rings is 1. The average molecular weight is 318 g/mol. The zero-order valence-electron chi connectivity index (χ0n) is 13.5. The fraction of sp³-hybridized carbons (Fsp3) is 0.611. The van der Waals surface area contributed by atoms with Gasteiger partial charge in [0, 0.05) is 6.54 Å². The van der Waals surface area contributed by atoms with E-state index < -0.39 is 6.10 Å². The van der Waals surface area contributed by atoms with Crippen LogP contribution in [0, 0.1) is 0 Å². The maximum atomic E-state index is 12.6. The molecule has 23 heavy (non-hydrogen) atoms. The zero-order chi connectivity index (χ0) is 16.1. The van der Waals surface area contributed by atoms with Crippen molar-refractivity contribution in [1.29, 1.82) is 0 Å². The Balaban J connectivity index is 1.49. The standard InChI is InChI=1S/C18H26N2O3/c21-17(13-23-12-14-6-2-1-3-7-14)16-9-5-11-20(16)18(22)15-8-4-10-19-15/h1-3,6-7,15-17,19,21H,4-5,8-13H2/t15-,16+,17?/m1/s1. The van der Waals surface area contributed by atoms with Crippen LogP contribution in [0.1, 0.15) is 31.2 Å². The fourth-order valence-electron chi connectivity index (χ4n) is 3.54. The summed E-state index contributed by atoms with van der Waals surface area (Å²) in [5, 5.41) is 13.7. The molecular formula is C18H26N2O3. The normalized spacial score (nSPS) is 25.7. The van der Waals surface area contributed by atoms with E-state index in [0.717, 1.165) is 44.3 Å². The van der Waals surface area contributed by atoms with Crippen LogP contribution in [0.4, 0.5) is 0 Å². The Hall–Kier alpha value is -1.43. The van der Waals surface area contributed by atoms with E-state index >= 15 is 0 Å². The van der Waals surface area contributed by atoms with Gasteiger partial charge in [0.2, 0.25) is 5.91 Å². The lowest BCUT2D eigenvalue weighted by Crippen LogP contribution is -2.50. The molecule has 2 aliphatic rings. The largest absolute Gasteiger partial charge is 0.389 e. The van der Waals surface area contributed by atoms with Crippen molar-refractivity contribution in [3.05, 3.63) is 35.9 Å². The number of nitrogens with zero attached hydrogens (tertiary/aromatic N) is 1. The monoisotopic (exact) mass is 318 g/mol. The molecule has 2 aliphatic heterocycles. The number of carbonyl (C=O) groups excluding carboxylic acids is 1. The van der Waals surface area contributed by atoms with Crippen LogP contribution in [0.3, 0.4) is 0 Å². The predicted molar refractivity (Wildman–Crippen MR) is 87.9 cm³/mol. The minimum absolute atomic E-state index is 0.0620. The molecule has 0 aliphatic carbocycles. The van der Waals surface area contributed by atoms with Gasteiger partial charge in [-0.2, -0.15) is 0 Å². The van der Waals surface area contributed by atoms with Gasteiger partial charge in [-0.15, -0.1) is 0 Å². The van der Waals surface area contributed by atoms with Gasteiger partial charge in [-0.1, -0.05) is 30.3 Å². The first-order valence-corrected chi connectivity index (χ1v) is 8.59. The van der Waals surface area contributed by atoms with Crippen LogP contribution in [0.5, 0.6) is 0 Å². The highest BCUT2D eigenvalue weighted by Crippen LogP contribution is 2.23. The van der Waals surface area contributed by atoms with Gasteiger partial charge in [0.25, 0.3) is 0 Å². The Bertz CT molecular complexity index is 502. The number of aliphatic hydroxyl groups is 1. The minimum Gasteiger partial charge on any atom is -0.389 e. The smallest absolute Gasteiger partial charge is 0.240 e. The van der Waals surface area contributed by atoms with Crippen molar-refractivity contribution in [2.45, 2.75) is 50.5 Å². The summed E-state index contributed by atoms with van der Waals surface area (Å²) in [6, 6.07) is 9.75. The molecule has 2 fully saturated rings. The molecular weight excluding hydrogens is 292 g/mol. The number of nitrogens with one attached hydrogen (secondary N) is 1. The maximum absolute atomic E-state index is 12.6. The van der Waals surface area contributed by atoms with Gasteiger partial charge in [0.1, 0.15) is 0 Å². The van der Waals surface area contributed by atoms with Crippen molar-refractivity contribution in [2.75, 3.05) is 19.7 Å². The first-order valence-electron chi connectivity index (χ1n) is 8.59. The molecule has 0 saturated carbocycles. The SMILES string of the molecule is O=C([C@H]1CCCN1)N1CCC[C@H]1C(O)COCc1ccccc1. The molecule has 3 atom stereocenters. The third-order valence-corrected chi connectivity index (χ3v) is 4.79. The van der Waals surface area contributed by atoms with Crippen LogP contribution >= 0.6 is 0 Å². The molecule has 126 valence electrons. The third-order valence-electron chi connectivity index (χ3n) is 4.79. The van der Waals surface area contributed by atoms with E-state index in [4.69, 9.17) is 4.74 Å². The number of ether oxygens (including phenoxy) is 1. The van der Waals surface area contributed by atoms with Gasteiger partial charge in [-0.3, -0.25) is 4.79 Å². The molecule has 1 unspecified atom stereocenters. The Labute approximate surface area is 137 Å². The van der Waals surface area contributed by atoms with E-state index in [0.29, 0.717) is 6.61 Å². The van der Waals surface area contributed by atoms with E-state index in [1.807, 2.05) is 35.2 Å².